The molecule has 0 aliphatic carbocycles. The second-order valence-electron chi connectivity index (χ2n) is 3.93. The standard InChI is InChI=1S/C12H15N3OS/c1-9(17(2)16)7-14-12-8-13-10-5-3-4-6-11(10)15-12/h3-6,8-9H,7H2,1-2H3,(H,14,15). The lowest BCUT2D eigenvalue weighted by molar-refractivity contribution is 0.679. The van der Waals surface area contributed by atoms with Crippen LogP contribution in [0.3, 0.4) is 0 Å². The third-order valence-electron chi connectivity index (χ3n) is 2.59. The van der Waals surface area contributed by atoms with Gasteiger partial charge in [0.25, 0.3) is 0 Å². The van der Waals surface area contributed by atoms with Crippen molar-refractivity contribution in [2.24, 2.45) is 0 Å². The molecular formula is C12H15N3OS. The predicted octanol–water partition coefficient (Wildman–Crippen LogP) is 1.81. The maximum absolute atomic E-state index is 11.2. The van der Waals surface area contributed by atoms with E-state index >= 15 is 0 Å². The highest BCUT2D eigenvalue weighted by molar-refractivity contribution is 7.84. The molecule has 90 valence electrons. The van der Waals surface area contributed by atoms with Gasteiger partial charge in [-0.15, -0.1) is 0 Å². The summed E-state index contributed by atoms with van der Waals surface area (Å²) in [5, 5.41) is 3.25. The molecule has 1 heterocycles. The molecule has 0 saturated carbocycles. The molecule has 2 rings (SSSR count). The van der Waals surface area contributed by atoms with E-state index in [1.165, 1.54) is 0 Å². The average molecular weight is 249 g/mol. The Morgan fingerprint density at radius 3 is 2.76 bits per heavy atom. The van der Waals surface area contributed by atoms with Gasteiger partial charge in [0, 0.05) is 28.9 Å². The fraction of sp³-hybridized carbons (Fsp3) is 0.333. The molecule has 0 spiro atoms. The highest BCUT2D eigenvalue weighted by atomic mass is 32.2. The average Bonchev–Trinajstić information content (AvgIpc) is 2.35. The Morgan fingerprint density at radius 1 is 1.35 bits per heavy atom. The zero-order valence-corrected chi connectivity index (χ0v) is 10.7. The van der Waals surface area contributed by atoms with Gasteiger partial charge in [-0.25, -0.2) is 4.98 Å². The molecule has 1 aromatic carbocycles. The number of anilines is 1. The van der Waals surface area contributed by atoms with Crippen molar-refractivity contribution in [3.63, 3.8) is 0 Å². The van der Waals surface area contributed by atoms with Crippen molar-refractivity contribution in [3.05, 3.63) is 30.5 Å². The number of hydrogen-bond donors (Lipinski definition) is 1. The summed E-state index contributed by atoms with van der Waals surface area (Å²) in [7, 11) is -0.822. The molecule has 5 heteroatoms. The fourth-order valence-corrected chi connectivity index (χ4v) is 1.73. The van der Waals surface area contributed by atoms with Gasteiger partial charge >= 0.3 is 0 Å². The van der Waals surface area contributed by atoms with E-state index in [1.807, 2.05) is 31.2 Å². The highest BCUT2D eigenvalue weighted by Crippen LogP contribution is 2.11. The molecule has 2 unspecified atom stereocenters. The van der Waals surface area contributed by atoms with Gasteiger partial charge in [0.1, 0.15) is 5.82 Å². The first kappa shape index (κ1) is 12.0. The van der Waals surface area contributed by atoms with Crippen molar-refractivity contribution in [2.45, 2.75) is 12.2 Å². The first-order chi connectivity index (χ1) is 8.16. The SMILES string of the molecule is CC(CNc1cnc2ccccc2n1)S(C)=O. The second kappa shape index (κ2) is 5.23. The van der Waals surface area contributed by atoms with Gasteiger partial charge in [-0.1, -0.05) is 12.1 Å². The van der Waals surface area contributed by atoms with Gasteiger partial charge in [-0.2, -0.15) is 0 Å². The van der Waals surface area contributed by atoms with E-state index in [9.17, 15) is 4.21 Å². The summed E-state index contributed by atoms with van der Waals surface area (Å²) in [6.07, 6.45) is 3.41. The van der Waals surface area contributed by atoms with E-state index in [0.29, 0.717) is 6.54 Å². The van der Waals surface area contributed by atoms with Gasteiger partial charge in [0.05, 0.1) is 17.2 Å². The van der Waals surface area contributed by atoms with Crippen LogP contribution in [0.4, 0.5) is 5.82 Å². The number of nitrogens with one attached hydrogen (secondary N) is 1. The third kappa shape index (κ3) is 3.00. The van der Waals surface area contributed by atoms with Gasteiger partial charge < -0.3 is 5.32 Å². The van der Waals surface area contributed by atoms with Crippen molar-refractivity contribution >= 4 is 27.7 Å². The molecule has 0 amide bonds. The first-order valence-electron chi connectivity index (χ1n) is 5.44. The van der Waals surface area contributed by atoms with Crippen LogP contribution in [0.2, 0.25) is 0 Å². The molecule has 0 bridgehead atoms. The Hall–Kier alpha value is -1.49. The molecule has 0 fully saturated rings. The lowest BCUT2D eigenvalue weighted by atomic mass is 10.3. The zero-order valence-electron chi connectivity index (χ0n) is 9.88. The van der Waals surface area contributed by atoms with Crippen LogP contribution in [-0.4, -0.2) is 32.2 Å². The third-order valence-corrected chi connectivity index (χ3v) is 3.89. The number of nitrogens with zero attached hydrogens (tertiary/aromatic N) is 2. The van der Waals surface area contributed by atoms with Crippen LogP contribution in [0.25, 0.3) is 11.0 Å². The van der Waals surface area contributed by atoms with E-state index in [-0.39, 0.29) is 5.25 Å². The van der Waals surface area contributed by atoms with Crippen LogP contribution in [-0.2, 0) is 10.8 Å². The topological polar surface area (TPSA) is 54.9 Å². The minimum absolute atomic E-state index is 0.100. The summed E-state index contributed by atoms with van der Waals surface area (Å²) >= 11 is 0. The summed E-state index contributed by atoms with van der Waals surface area (Å²) < 4.78 is 11.2. The summed E-state index contributed by atoms with van der Waals surface area (Å²) in [6.45, 7) is 2.58. The molecule has 0 radical (unpaired) electrons. The number of hydrogen-bond acceptors (Lipinski definition) is 4. The molecule has 0 aliphatic heterocycles. The minimum atomic E-state index is -0.822. The van der Waals surface area contributed by atoms with Gasteiger partial charge in [-0.3, -0.25) is 9.19 Å². The first-order valence-corrected chi connectivity index (χ1v) is 7.07. The number of para-hydroxylation sites is 2. The van der Waals surface area contributed by atoms with Crippen LogP contribution in [0, 0.1) is 0 Å². The van der Waals surface area contributed by atoms with Gasteiger partial charge in [-0.05, 0) is 19.1 Å². The van der Waals surface area contributed by atoms with E-state index in [2.05, 4.69) is 15.3 Å². The molecule has 2 atom stereocenters. The summed E-state index contributed by atoms with van der Waals surface area (Å²) in [5.74, 6) is 0.723. The smallest absolute Gasteiger partial charge is 0.145 e. The molecule has 4 nitrogen and oxygen atoms in total. The van der Waals surface area contributed by atoms with Crippen LogP contribution in [0.1, 0.15) is 6.92 Å². The maximum Gasteiger partial charge on any atom is 0.145 e. The maximum atomic E-state index is 11.2. The van der Waals surface area contributed by atoms with Gasteiger partial charge in [0.15, 0.2) is 0 Å². The molecule has 17 heavy (non-hydrogen) atoms. The van der Waals surface area contributed by atoms with E-state index in [1.54, 1.807) is 12.5 Å². The molecule has 0 aliphatic rings. The van der Waals surface area contributed by atoms with Crippen molar-refractivity contribution in [1.82, 2.24) is 9.97 Å². The Bertz CT molecular complexity index is 544. The van der Waals surface area contributed by atoms with Crippen molar-refractivity contribution in [1.29, 1.82) is 0 Å². The Kier molecular flexibility index (Phi) is 3.68. The zero-order chi connectivity index (χ0) is 12.3. The lowest BCUT2D eigenvalue weighted by Gasteiger charge is -2.10. The van der Waals surface area contributed by atoms with Crippen molar-refractivity contribution in [3.8, 4) is 0 Å². The van der Waals surface area contributed by atoms with E-state index < -0.39 is 10.8 Å². The molecule has 0 saturated heterocycles. The minimum Gasteiger partial charge on any atom is -0.368 e. The molecule has 1 N–H and O–H groups in total. The molecular weight excluding hydrogens is 234 g/mol. The van der Waals surface area contributed by atoms with Crippen LogP contribution >= 0.6 is 0 Å². The second-order valence-corrected chi connectivity index (χ2v) is 5.74. The normalized spacial score (nSPS) is 14.5. The molecule has 1 aromatic heterocycles. The Balaban J connectivity index is 2.12. The number of fused-ring (bicyclic) bond motifs is 1. The number of aromatic nitrogens is 2. The van der Waals surface area contributed by atoms with Crippen molar-refractivity contribution < 1.29 is 4.21 Å². The highest BCUT2D eigenvalue weighted by Gasteiger charge is 2.06. The van der Waals surface area contributed by atoms with Crippen molar-refractivity contribution in [2.75, 3.05) is 18.1 Å². The molecule has 2 aromatic rings. The predicted molar refractivity (Wildman–Crippen MR) is 71.6 cm³/mol. The van der Waals surface area contributed by atoms with Gasteiger partial charge in [0.2, 0.25) is 0 Å². The fourth-order valence-electron chi connectivity index (χ4n) is 1.41. The van der Waals surface area contributed by atoms with E-state index in [0.717, 1.165) is 16.9 Å². The largest absolute Gasteiger partial charge is 0.368 e. The summed E-state index contributed by atoms with van der Waals surface area (Å²) in [5.41, 5.74) is 1.74. The summed E-state index contributed by atoms with van der Waals surface area (Å²) in [6, 6.07) is 7.72. The van der Waals surface area contributed by atoms with Crippen LogP contribution in [0.15, 0.2) is 30.5 Å². The monoisotopic (exact) mass is 249 g/mol. The Morgan fingerprint density at radius 2 is 2.06 bits per heavy atom. The lowest BCUT2D eigenvalue weighted by Crippen LogP contribution is -2.21. The van der Waals surface area contributed by atoms with E-state index in [4.69, 9.17) is 0 Å². The Labute approximate surface area is 103 Å². The van der Waals surface area contributed by atoms with Crippen LogP contribution in [0.5, 0.6) is 0 Å². The summed E-state index contributed by atoms with van der Waals surface area (Å²) in [4.78, 5) is 8.74. The number of rotatable bonds is 4. The number of benzene rings is 1. The quantitative estimate of drug-likeness (QED) is 0.898. The van der Waals surface area contributed by atoms with Crippen LogP contribution < -0.4 is 5.32 Å².